The molecule has 0 saturated carbocycles. The van der Waals surface area contributed by atoms with Crippen LogP contribution >= 0.6 is 0 Å². The number of hydrogen-bond donors (Lipinski definition) is 0. The van der Waals surface area contributed by atoms with Crippen LogP contribution in [0.1, 0.15) is 0 Å². The molecular weight excluding hydrogens is 1220 g/mol. The Bertz CT molecular complexity index is 3960. The first-order valence-corrected chi connectivity index (χ1v) is 27.2. The molecule has 4 aromatic heterocycles. The monoisotopic (exact) mass is 1270 g/mol. The summed E-state index contributed by atoms with van der Waals surface area (Å²) in [6.45, 7) is 0. The van der Waals surface area contributed by atoms with Crippen molar-refractivity contribution in [3.8, 4) is 67.3 Å². The molecule has 0 aliphatic rings. The summed E-state index contributed by atoms with van der Waals surface area (Å²) in [5, 5.41) is 10.3. The van der Waals surface area contributed by atoms with Gasteiger partial charge in [0.15, 0.2) is 0 Å². The van der Waals surface area contributed by atoms with Crippen molar-refractivity contribution in [2.75, 3.05) is 0 Å². The molecule has 8 heteroatoms. The van der Waals surface area contributed by atoms with Gasteiger partial charge in [-0.05, 0) is 48.5 Å². The molecule has 0 bridgehead atoms. The van der Waals surface area contributed by atoms with Gasteiger partial charge in [0.1, 0.15) is 0 Å². The van der Waals surface area contributed by atoms with Crippen molar-refractivity contribution >= 4 is 43.1 Å². The second kappa shape index (κ2) is 28.3. The van der Waals surface area contributed by atoms with Crippen molar-refractivity contribution in [1.82, 2.24) is 18.3 Å². The molecule has 0 atom stereocenters. The Morgan fingerprint density at radius 3 is 0.583 bits per heavy atom. The third-order valence-electron chi connectivity index (χ3n) is 14.9. The zero-order chi connectivity index (χ0) is 53.5. The Morgan fingerprint density at radius 2 is 0.393 bits per heavy atom. The standard InChI is InChI=1S/4C19H14N.2ClH.2Zr/c4*1-2-7-15(8-3-1)17-13-16-9-6-10-19(18(16)14-17)20-11-4-5-12-20;;;;/h4*1-14H;2*1H;;/q4*-1;;;2*+2/p-2. The van der Waals surface area contributed by atoms with Crippen LogP contribution in [0.25, 0.3) is 110 Å². The van der Waals surface area contributed by atoms with E-state index in [0.717, 1.165) is 0 Å². The molecule has 0 amide bonds. The van der Waals surface area contributed by atoms with Gasteiger partial charge in [-0.25, -0.2) is 0 Å². The van der Waals surface area contributed by atoms with Gasteiger partial charge in [-0.3, -0.25) is 0 Å². The maximum Gasteiger partial charge on any atom is 2.00 e. The Kier molecular flexibility index (Phi) is 20.3. The minimum atomic E-state index is 0. The zero-order valence-electron chi connectivity index (χ0n) is 45.9. The molecule has 16 aromatic rings. The fourth-order valence-electron chi connectivity index (χ4n) is 10.9. The Labute approximate surface area is 541 Å². The third-order valence-corrected chi connectivity index (χ3v) is 14.9. The van der Waals surface area contributed by atoms with Crippen molar-refractivity contribution in [2.45, 2.75) is 0 Å². The van der Waals surface area contributed by atoms with Crippen LogP contribution in [0.4, 0.5) is 0 Å². The molecule has 0 radical (unpaired) electrons. The van der Waals surface area contributed by atoms with Gasteiger partial charge >= 0.3 is 52.4 Å². The first kappa shape index (κ1) is 60.3. The maximum absolute atomic E-state index is 2.28. The van der Waals surface area contributed by atoms with Gasteiger partial charge in [-0.2, -0.15) is 0 Å². The van der Waals surface area contributed by atoms with E-state index in [9.17, 15) is 0 Å². The summed E-state index contributed by atoms with van der Waals surface area (Å²) in [5.74, 6) is 0. The van der Waals surface area contributed by atoms with Gasteiger partial charge in [-0.15, -0.1) is 117 Å². The quantitative estimate of drug-likeness (QED) is 0.135. The maximum atomic E-state index is 2.28. The van der Waals surface area contributed by atoms with Crippen LogP contribution in [0.15, 0.2) is 341 Å². The zero-order valence-corrected chi connectivity index (χ0v) is 52.3. The van der Waals surface area contributed by atoms with E-state index in [1.807, 2.05) is 0 Å². The molecule has 0 unspecified atom stereocenters. The molecular formula is C76H56Cl2N4Zr2-2. The summed E-state index contributed by atoms with van der Waals surface area (Å²) in [4.78, 5) is 0. The fraction of sp³-hybridized carbons (Fsp3) is 0. The molecule has 0 aliphatic heterocycles. The predicted octanol–water partition coefficient (Wildman–Crippen LogP) is 14.1. The molecule has 4 nitrogen and oxygen atoms in total. The molecule has 12 aromatic carbocycles. The van der Waals surface area contributed by atoms with E-state index in [1.54, 1.807) is 0 Å². The van der Waals surface area contributed by atoms with E-state index in [1.165, 1.54) is 110 Å². The van der Waals surface area contributed by atoms with Crippen molar-refractivity contribution in [3.05, 3.63) is 341 Å². The molecule has 0 spiro atoms. The SMILES string of the molecule is [Cl-].[Cl-].[Zr+2].[Zr+2].c1ccc(-c2cc3c(-n4cccc4)cccc3[cH-]2)cc1.c1ccc(-c2cc3c(-n4cccc4)cccc3[cH-]2)cc1.c1ccc(-c2cc3c(-n4cccc4)cccc3[cH-]2)cc1.c1ccc(-c2cc3c(-n4cccc4)cccc3[cH-]2)cc1. The number of rotatable bonds is 8. The van der Waals surface area contributed by atoms with Gasteiger partial charge in [0.05, 0.1) is 0 Å². The fourth-order valence-corrected chi connectivity index (χ4v) is 10.9. The number of halogens is 2. The second-order valence-corrected chi connectivity index (χ2v) is 19.9. The predicted molar refractivity (Wildman–Crippen MR) is 337 cm³/mol. The van der Waals surface area contributed by atoms with Crippen LogP contribution < -0.4 is 24.8 Å². The topological polar surface area (TPSA) is 19.7 Å². The van der Waals surface area contributed by atoms with Gasteiger partial charge in [-0.1, -0.05) is 214 Å². The summed E-state index contributed by atoms with van der Waals surface area (Å²) in [7, 11) is 0. The summed E-state index contributed by atoms with van der Waals surface area (Å²) < 4.78 is 8.66. The van der Waals surface area contributed by atoms with Crippen molar-refractivity contribution in [2.24, 2.45) is 0 Å². The van der Waals surface area contributed by atoms with Crippen LogP contribution in [0.3, 0.4) is 0 Å². The van der Waals surface area contributed by atoms with Crippen LogP contribution in [-0.2, 0) is 52.4 Å². The first-order chi connectivity index (χ1) is 39.7. The van der Waals surface area contributed by atoms with E-state index in [2.05, 4.69) is 359 Å². The summed E-state index contributed by atoms with van der Waals surface area (Å²) >= 11 is 0. The molecule has 4 heterocycles. The summed E-state index contributed by atoms with van der Waals surface area (Å²) in [5.41, 5.74) is 15.1. The third kappa shape index (κ3) is 13.2. The van der Waals surface area contributed by atoms with Crippen molar-refractivity contribution in [1.29, 1.82) is 0 Å². The average molecular weight is 1280 g/mol. The van der Waals surface area contributed by atoms with E-state index in [-0.39, 0.29) is 77.2 Å². The van der Waals surface area contributed by atoms with Crippen LogP contribution in [0.5, 0.6) is 0 Å². The van der Waals surface area contributed by atoms with Crippen LogP contribution in [0, 0.1) is 0 Å². The summed E-state index contributed by atoms with van der Waals surface area (Å²) in [6, 6.07) is 103. The largest absolute Gasteiger partial charge is 2.00 e. The number of nitrogens with zero attached hydrogens (tertiary/aromatic N) is 4. The van der Waals surface area contributed by atoms with E-state index in [4.69, 9.17) is 0 Å². The Morgan fingerprint density at radius 1 is 0.202 bits per heavy atom. The van der Waals surface area contributed by atoms with Gasteiger partial charge < -0.3 is 43.1 Å². The number of benzene rings is 8. The van der Waals surface area contributed by atoms with E-state index >= 15 is 0 Å². The minimum Gasteiger partial charge on any atom is -1.00 e. The molecule has 0 fully saturated rings. The van der Waals surface area contributed by atoms with Gasteiger partial charge in [0.25, 0.3) is 0 Å². The van der Waals surface area contributed by atoms with Gasteiger partial charge in [0.2, 0.25) is 0 Å². The molecule has 404 valence electrons. The van der Waals surface area contributed by atoms with E-state index in [0.29, 0.717) is 0 Å². The molecule has 0 N–H and O–H groups in total. The molecule has 0 saturated heterocycles. The normalized spacial score (nSPS) is 10.5. The second-order valence-electron chi connectivity index (χ2n) is 19.9. The smallest absolute Gasteiger partial charge is 1.00 e. The minimum absolute atomic E-state index is 0. The molecule has 84 heavy (non-hydrogen) atoms. The molecule has 0 aliphatic carbocycles. The first-order valence-electron chi connectivity index (χ1n) is 27.2. The van der Waals surface area contributed by atoms with Crippen LogP contribution in [-0.4, -0.2) is 18.3 Å². The average Bonchev–Trinajstić information content (AvgIpc) is 4.40. The summed E-state index contributed by atoms with van der Waals surface area (Å²) in [6.07, 6.45) is 16.7. The van der Waals surface area contributed by atoms with Crippen molar-refractivity contribution in [3.63, 3.8) is 0 Å². The molecule has 16 rings (SSSR count). The van der Waals surface area contributed by atoms with E-state index < -0.39 is 0 Å². The van der Waals surface area contributed by atoms with Crippen LogP contribution in [0.2, 0.25) is 0 Å². The number of hydrogen-bond acceptors (Lipinski definition) is 0. The Hall–Kier alpha value is -8.33. The number of aromatic nitrogens is 4. The van der Waals surface area contributed by atoms with Gasteiger partial charge in [0, 0.05) is 72.3 Å². The Balaban J connectivity index is 0.000000132. The number of fused-ring (bicyclic) bond motifs is 4. The van der Waals surface area contributed by atoms with Crippen molar-refractivity contribution < 1.29 is 77.2 Å².